The monoisotopic (exact) mass is 286 g/mol. The number of thiophene rings is 1. The highest BCUT2D eigenvalue weighted by Gasteiger charge is 2.17. The molecule has 0 radical (unpaired) electrons. The van der Waals surface area contributed by atoms with E-state index < -0.39 is 16.0 Å². The quantitative estimate of drug-likeness (QED) is 0.770. The fraction of sp³-hybridized carbons (Fsp3) is 0.100. The number of sulfonamides is 1. The van der Waals surface area contributed by atoms with Crippen molar-refractivity contribution in [3.05, 3.63) is 40.3 Å². The second-order valence-electron chi connectivity index (χ2n) is 3.46. The highest BCUT2D eigenvalue weighted by atomic mass is 32.2. The zero-order valence-electron chi connectivity index (χ0n) is 9.08. The molecule has 0 unspecified atom stereocenters. The van der Waals surface area contributed by atoms with Gasteiger partial charge in [0.05, 0.1) is 0 Å². The molecule has 0 aliphatic carbocycles. The first-order valence-electron chi connectivity index (χ1n) is 4.93. The van der Waals surface area contributed by atoms with Crippen LogP contribution in [0.5, 0.6) is 0 Å². The van der Waals surface area contributed by atoms with Crippen molar-refractivity contribution in [3.8, 4) is 0 Å². The van der Waals surface area contributed by atoms with Crippen LogP contribution in [0.3, 0.4) is 0 Å². The number of rotatable bonds is 5. The first-order valence-corrected chi connectivity index (χ1v) is 7.29. The lowest BCUT2D eigenvalue weighted by Crippen LogP contribution is -2.22. The maximum atomic E-state index is 11.8. The van der Waals surface area contributed by atoms with E-state index in [4.69, 9.17) is 5.11 Å². The molecule has 0 aliphatic heterocycles. The van der Waals surface area contributed by atoms with Gasteiger partial charge in [-0.15, -0.1) is 11.3 Å². The fourth-order valence-corrected chi connectivity index (χ4v) is 3.05. The van der Waals surface area contributed by atoms with Gasteiger partial charge in [-0.1, -0.05) is 6.07 Å². The van der Waals surface area contributed by atoms with Crippen LogP contribution in [0, 0.1) is 0 Å². The molecule has 18 heavy (non-hydrogen) atoms. The van der Waals surface area contributed by atoms with E-state index in [0.717, 1.165) is 17.1 Å². The van der Waals surface area contributed by atoms with Crippen LogP contribution in [0.4, 0.5) is 0 Å². The van der Waals surface area contributed by atoms with Crippen LogP contribution < -0.4 is 4.72 Å². The maximum absolute atomic E-state index is 11.8. The molecule has 0 aliphatic rings. The third-order valence-corrected chi connectivity index (χ3v) is 4.47. The molecule has 0 fully saturated rings. The lowest BCUT2D eigenvalue weighted by atomic mass is 10.4. The number of carboxylic acids is 1. The zero-order valence-corrected chi connectivity index (χ0v) is 10.7. The Morgan fingerprint density at radius 3 is 2.83 bits per heavy atom. The number of hydrogen-bond acceptors (Lipinski definition) is 4. The number of aromatic carboxylic acids is 1. The Hall–Kier alpha value is -1.64. The van der Waals surface area contributed by atoms with E-state index in [1.165, 1.54) is 11.3 Å². The normalized spacial score (nSPS) is 11.6. The second-order valence-corrected chi connectivity index (χ2v) is 6.26. The first-order chi connectivity index (χ1) is 8.49. The van der Waals surface area contributed by atoms with Crippen LogP contribution in [0.25, 0.3) is 0 Å². The van der Waals surface area contributed by atoms with Crippen LogP contribution in [0.1, 0.15) is 15.4 Å². The number of aromatic amines is 1. The maximum Gasteiger partial charge on any atom is 0.352 e. The van der Waals surface area contributed by atoms with E-state index in [1.54, 1.807) is 0 Å². The smallest absolute Gasteiger partial charge is 0.352 e. The van der Waals surface area contributed by atoms with Crippen LogP contribution in [0.2, 0.25) is 0 Å². The zero-order chi connectivity index (χ0) is 13.2. The minimum absolute atomic E-state index is 0.0866. The molecule has 96 valence electrons. The van der Waals surface area contributed by atoms with E-state index in [2.05, 4.69) is 9.71 Å². The van der Waals surface area contributed by atoms with Gasteiger partial charge in [0.25, 0.3) is 0 Å². The van der Waals surface area contributed by atoms with Crippen molar-refractivity contribution < 1.29 is 18.3 Å². The lowest BCUT2D eigenvalue weighted by molar-refractivity contribution is 0.0691. The highest BCUT2D eigenvalue weighted by Crippen LogP contribution is 2.13. The Labute approximate surface area is 107 Å². The number of carbonyl (C=O) groups is 1. The highest BCUT2D eigenvalue weighted by molar-refractivity contribution is 7.89. The van der Waals surface area contributed by atoms with Gasteiger partial charge in [-0.3, -0.25) is 0 Å². The number of hydrogen-bond donors (Lipinski definition) is 3. The Morgan fingerprint density at radius 2 is 2.28 bits per heavy atom. The number of H-pyrrole nitrogens is 1. The second kappa shape index (κ2) is 4.92. The molecule has 8 heteroatoms. The molecule has 0 saturated heterocycles. The molecular weight excluding hydrogens is 276 g/mol. The molecule has 2 aromatic rings. The van der Waals surface area contributed by atoms with Crippen LogP contribution in [-0.4, -0.2) is 24.5 Å². The standard InChI is InChI=1S/C10H10N2O4S2/c13-10(14)9-4-8(6-11-9)18(15,16)12-5-7-2-1-3-17-7/h1-4,6,11-12H,5H2,(H,13,14). The topological polar surface area (TPSA) is 99.3 Å². The minimum atomic E-state index is -3.69. The molecule has 2 heterocycles. The predicted molar refractivity (Wildman–Crippen MR) is 66.1 cm³/mol. The SMILES string of the molecule is O=C(O)c1cc(S(=O)(=O)NCc2cccs2)c[nH]1. The van der Waals surface area contributed by atoms with Crippen molar-refractivity contribution in [2.45, 2.75) is 11.4 Å². The molecule has 0 atom stereocenters. The van der Waals surface area contributed by atoms with Gasteiger partial charge in [0, 0.05) is 17.6 Å². The van der Waals surface area contributed by atoms with Gasteiger partial charge in [-0.05, 0) is 17.5 Å². The summed E-state index contributed by atoms with van der Waals surface area (Å²) in [6.45, 7) is 0.188. The summed E-state index contributed by atoms with van der Waals surface area (Å²) in [6.07, 6.45) is 1.15. The third kappa shape index (κ3) is 2.78. The fourth-order valence-electron chi connectivity index (χ4n) is 1.32. The molecule has 3 N–H and O–H groups in total. The van der Waals surface area contributed by atoms with E-state index in [0.29, 0.717) is 0 Å². The minimum Gasteiger partial charge on any atom is -0.477 e. The van der Waals surface area contributed by atoms with Crippen LogP contribution in [-0.2, 0) is 16.6 Å². The van der Waals surface area contributed by atoms with Gasteiger partial charge in [0.1, 0.15) is 10.6 Å². The summed E-state index contributed by atoms with van der Waals surface area (Å²) >= 11 is 1.44. The third-order valence-electron chi connectivity index (χ3n) is 2.21. The average Bonchev–Trinajstić information content (AvgIpc) is 2.98. The molecule has 0 saturated carbocycles. The van der Waals surface area contributed by atoms with Crippen molar-refractivity contribution in [2.75, 3.05) is 0 Å². The van der Waals surface area contributed by atoms with Crippen molar-refractivity contribution in [3.63, 3.8) is 0 Å². The van der Waals surface area contributed by atoms with Gasteiger partial charge in [-0.2, -0.15) is 0 Å². The Balaban J connectivity index is 2.12. The van der Waals surface area contributed by atoms with Crippen molar-refractivity contribution in [1.29, 1.82) is 0 Å². The van der Waals surface area contributed by atoms with Gasteiger partial charge >= 0.3 is 5.97 Å². The number of carboxylic acid groups (broad SMARTS) is 1. The van der Waals surface area contributed by atoms with E-state index in [-0.39, 0.29) is 17.1 Å². The van der Waals surface area contributed by atoms with Gasteiger partial charge in [-0.25, -0.2) is 17.9 Å². The van der Waals surface area contributed by atoms with E-state index >= 15 is 0 Å². The van der Waals surface area contributed by atoms with Crippen LogP contribution >= 0.6 is 11.3 Å². The summed E-state index contributed by atoms with van der Waals surface area (Å²) in [4.78, 5) is 13.8. The molecule has 0 amide bonds. The molecule has 0 aromatic carbocycles. The Kier molecular flexibility index (Phi) is 3.50. The van der Waals surface area contributed by atoms with Gasteiger partial charge in [0.2, 0.25) is 10.0 Å². The van der Waals surface area contributed by atoms with E-state index in [9.17, 15) is 13.2 Å². The molecule has 2 aromatic heterocycles. The van der Waals surface area contributed by atoms with Crippen molar-refractivity contribution in [2.24, 2.45) is 0 Å². The van der Waals surface area contributed by atoms with E-state index in [1.807, 2.05) is 17.5 Å². The molecule has 6 nitrogen and oxygen atoms in total. The summed E-state index contributed by atoms with van der Waals surface area (Å²) < 4.78 is 26.1. The molecule has 0 bridgehead atoms. The number of aromatic nitrogens is 1. The summed E-state index contributed by atoms with van der Waals surface area (Å²) in [5.41, 5.74) is -0.161. The summed E-state index contributed by atoms with van der Waals surface area (Å²) in [5.74, 6) is -1.20. The molecular formula is C10H10N2O4S2. The van der Waals surface area contributed by atoms with Crippen LogP contribution in [0.15, 0.2) is 34.7 Å². The number of nitrogens with one attached hydrogen (secondary N) is 2. The van der Waals surface area contributed by atoms with Crippen molar-refractivity contribution >= 4 is 27.3 Å². The Bertz CT molecular complexity index is 643. The summed E-state index contributed by atoms with van der Waals surface area (Å²) in [7, 11) is -3.69. The predicted octanol–water partition coefficient (Wildman–Crippen LogP) is 1.25. The van der Waals surface area contributed by atoms with Gasteiger partial charge < -0.3 is 10.1 Å². The molecule has 0 spiro atoms. The van der Waals surface area contributed by atoms with Crippen molar-refractivity contribution in [1.82, 2.24) is 9.71 Å². The average molecular weight is 286 g/mol. The first kappa shape index (κ1) is 12.8. The van der Waals surface area contributed by atoms with Gasteiger partial charge in [0.15, 0.2) is 0 Å². The summed E-state index contributed by atoms with van der Waals surface area (Å²) in [6, 6.07) is 4.72. The lowest BCUT2D eigenvalue weighted by Gasteiger charge is -2.02. The Morgan fingerprint density at radius 1 is 1.50 bits per heavy atom. The summed E-state index contributed by atoms with van der Waals surface area (Å²) in [5, 5.41) is 10.5. The molecule has 2 rings (SSSR count). The largest absolute Gasteiger partial charge is 0.477 e.